The average molecular weight is 511 g/mol. The van der Waals surface area contributed by atoms with Crippen molar-refractivity contribution in [2.75, 3.05) is 37.9 Å². The maximum atomic E-state index is 12.2. The summed E-state index contributed by atoms with van der Waals surface area (Å²) in [5, 5.41) is 26.0. The number of pyridine rings is 1. The van der Waals surface area contributed by atoms with Gasteiger partial charge in [-0.1, -0.05) is 6.07 Å². The number of aromatic nitrogens is 7. The second-order valence-corrected chi connectivity index (χ2v) is 10.9. The molecule has 0 spiro atoms. The van der Waals surface area contributed by atoms with E-state index in [4.69, 9.17) is 4.74 Å². The number of methoxy groups -OCH3 is 1. The zero-order valence-corrected chi connectivity index (χ0v) is 20.8. The van der Waals surface area contributed by atoms with E-state index in [1.54, 1.807) is 40.3 Å². The van der Waals surface area contributed by atoms with Crippen molar-refractivity contribution in [3.05, 3.63) is 43.0 Å². The SMILES string of the molecule is CCS(=O)(=O)N1CC(CC#N)(n2cc(-c3cccc4nc(Nc5cnn(CCOC)c5)nn34)cn2)C1. The van der Waals surface area contributed by atoms with Crippen molar-refractivity contribution < 1.29 is 13.2 Å². The lowest BCUT2D eigenvalue weighted by atomic mass is 9.89. The van der Waals surface area contributed by atoms with E-state index in [1.807, 2.05) is 30.6 Å². The molecular formula is C22H26N10O3S. The zero-order valence-electron chi connectivity index (χ0n) is 19.9. The molecule has 4 aromatic heterocycles. The van der Waals surface area contributed by atoms with E-state index in [-0.39, 0.29) is 25.3 Å². The predicted octanol–water partition coefficient (Wildman–Crippen LogP) is 1.45. The number of nitrogens with one attached hydrogen (secondary N) is 1. The normalized spacial score (nSPS) is 15.6. The summed E-state index contributed by atoms with van der Waals surface area (Å²) in [5.41, 5.74) is 2.25. The molecule has 1 N–H and O–H groups in total. The predicted molar refractivity (Wildman–Crippen MR) is 131 cm³/mol. The van der Waals surface area contributed by atoms with Crippen LogP contribution in [0, 0.1) is 11.3 Å². The molecule has 1 fully saturated rings. The van der Waals surface area contributed by atoms with Gasteiger partial charge in [-0.3, -0.25) is 9.36 Å². The Kier molecular flexibility index (Phi) is 6.20. The summed E-state index contributed by atoms with van der Waals surface area (Å²) in [6.07, 6.45) is 7.23. The van der Waals surface area contributed by atoms with Gasteiger partial charge < -0.3 is 10.1 Å². The van der Waals surface area contributed by atoms with Crippen LogP contribution in [0.3, 0.4) is 0 Å². The molecule has 0 radical (unpaired) electrons. The molecule has 0 bridgehead atoms. The lowest BCUT2D eigenvalue weighted by Crippen LogP contribution is -2.64. The molecule has 0 unspecified atom stereocenters. The van der Waals surface area contributed by atoms with E-state index < -0.39 is 15.6 Å². The molecule has 1 saturated heterocycles. The summed E-state index contributed by atoms with van der Waals surface area (Å²) in [4.78, 5) is 4.56. The Morgan fingerprint density at radius 2 is 2.06 bits per heavy atom. The zero-order chi connectivity index (χ0) is 25.3. The van der Waals surface area contributed by atoms with Gasteiger partial charge in [0.15, 0.2) is 5.65 Å². The summed E-state index contributed by atoms with van der Waals surface area (Å²) in [6, 6.07) is 7.82. The Hall–Kier alpha value is -3.80. The molecule has 5 heterocycles. The minimum atomic E-state index is -3.32. The van der Waals surface area contributed by atoms with Crippen molar-refractivity contribution in [3.63, 3.8) is 0 Å². The van der Waals surface area contributed by atoms with Gasteiger partial charge in [0.2, 0.25) is 16.0 Å². The number of hydrogen-bond acceptors (Lipinski definition) is 9. The van der Waals surface area contributed by atoms with Gasteiger partial charge in [0.1, 0.15) is 5.54 Å². The van der Waals surface area contributed by atoms with Gasteiger partial charge in [-0.25, -0.2) is 12.9 Å². The van der Waals surface area contributed by atoms with Crippen molar-refractivity contribution in [1.29, 1.82) is 5.26 Å². The van der Waals surface area contributed by atoms with E-state index in [0.29, 0.717) is 24.7 Å². The van der Waals surface area contributed by atoms with Crippen LogP contribution in [0.25, 0.3) is 16.9 Å². The molecule has 0 aromatic carbocycles. The number of hydrogen-bond donors (Lipinski definition) is 1. The van der Waals surface area contributed by atoms with Crippen LogP contribution < -0.4 is 5.32 Å². The molecule has 0 saturated carbocycles. The highest BCUT2D eigenvalue weighted by atomic mass is 32.2. The lowest BCUT2D eigenvalue weighted by Gasteiger charge is -2.47. The third kappa shape index (κ3) is 4.32. The van der Waals surface area contributed by atoms with Gasteiger partial charge in [0.05, 0.1) is 55.2 Å². The van der Waals surface area contributed by atoms with Crippen LogP contribution in [0.15, 0.2) is 43.0 Å². The molecular weight excluding hydrogens is 484 g/mol. The van der Waals surface area contributed by atoms with E-state index in [1.165, 1.54) is 4.31 Å². The molecule has 1 aliphatic heterocycles. The first-order valence-corrected chi connectivity index (χ1v) is 13.0. The molecule has 36 heavy (non-hydrogen) atoms. The first-order chi connectivity index (χ1) is 17.4. The van der Waals surface area contributed by atoms with Crippen molar-refractivity contribution in [1.82, 2.24) is 38.5 Å². The Balaban J connectivity index is 1.40. The van der Waals surface area contributed by atoms with Crippen LogP contribution in [0.1, 0.15) is 13.3 Å². The number of nitriles is 1. The maximum absolute atomic E-state index is 12.2. The Labute approximate surface area is 208 Å². The van der Waals surface area contributed by atoms with Crippen LogP contribution in [-0.2, 0) is 26.8 Å². The Bertz CT molecular complexity index is 1520. The number of rotatable bonds is 10. The molecule has 5 rings (SSSR count). The lowest BCUT2D eigenvalue weighted by molar-refractivity contribution is 0.0719. The molecule has 1 aliphatic rings. The number of fused-ring (bicyclic) bond motifs is 1. The highest BCUT2D eigenvalue weighted by Gasteiger charge is 2.49. The molecule has 0 amide bonds. The largest absolute Gasteiger partial charge is 0.383 e. The second kappa shape index (κ2) is 9.34. The first-order valence-electron chi connectivity index (χ1n) is 11.4. The first kappa shape index (κ1) is 23.9. The summed E-state index contributed by atoms with van der Waals surface area (Å²) in [7, 11) is -1.67. The van der Waals surface area contributed by atoms with Gasteiger partial charge in [-0.05, 0) is 19.1 Å². The maximum Gasteiger partial charge on any atom is 0.247 e. The molecule has 188 valence electrons. The third-order valence-electron chi connectivity index (χ3n) is 6.25. The van der Waals surface area contributed by atoms with Crippen molar-refractivity contribution in [2.45, 2.75) is 25.4 Å². The minimum Gasteiger partial charge on any atom is -0.383 e. The van der Waals surface area contributed by atoms with Gasteiger partial charge in [0, 0.05) is 38.2 Å². The second-order valence-electron chi connectivity index (χ2n) is 8.63. The van der Waals surface area contributed by atoms with Crippen LogP contribution in [0.5, 0.6) is 0 Å². The summed E-state index contributed by atoms with van der Waals surface area (Å²) < 4.78 is 36.1. The van der Waals surface area contributed by atoms with Gasteiger partial charge >= 0.3 is 0 Å². The van der Waals surface area contributed by atoms with Gasteiger partial charge in [-0.15, -0.1) is 5.10 Å². The fourth-order valence-corrected chi connectivity index (χ4v) is 5.47. The van der Waals surface area contributed by atoms with Crippen LogP contribution in [0.2, 0.25) is 0 Å². The monoisotopic (exact) mass is 510 g/mol. The number of nitrogens with zero attached hydrogens (tertiary/aromatic N) is 9. The highest BCUT2D eigenvalue weighted by Crippen LogP contribution is 2.35. The quantitative estimate of drug-likeness (QED) is 0.335. The van der Waals surface area contributed by atoms with Crippen LogP contribution >= 0.6 is 0 Å². The van der Waals surface area contributed by atoms with Crippen LogP contribution in [0.4, 0.5) is 11.6 Å². The number of sulfonamides is 1. The van der Waals surface area contributed by atoms with Crippen molar-refractivity contribution in [2.24, 2.45) is 0 Å². The summed E-state index contributed by atoms with van der Waals surface area (Å²) in [5.74, 6) is 0.444. The smallest absolute Gasteiger partial charge is 0.247 e. The number of anilines is 2. The fraction of sp³-hybridized carbons (Fsp3) is 0.409. The molecule has 0 atom stereocenters. The number of ether oxygens (including phenoxy) is 1. The average Bonchev–Trinajstić information content (AvgIpc) is 3.59. The minimum absolute atomic E-state index is 0.0264. The highest BCUT2D eigenvalue weighted by molar-refractivity contribution is 7.89. The van der Waals surface area contributed by atoms with E-state index >= 15 is 0 Å². The Morgan fingerprint density at radius 3 is 2.81 bits per heavy atom. The van der Waals surface area contributed by atoms with E-state index in [9.17, 15) is 13.7 Å². The molecule has 0 aliphatic carbocycles. The topological polar surface area (TPSA) is 148 Å². The van der Waals surface area contributed by atoms with Gasteiger partial charge in [0.25, 0.3) is 0 Å². The summed E-state index contributed by atoms with van der Waals surface area (Å²) >= 11 is 0. The standard InChI is InChI=1S/C22H26N10O3S/c1-3-36(33,34)30-15-22(16-30,7-8-23)31-13-17(11-25-31)19-5-4-6-20-27-21(28-32(19)20)26-18-12-24-29(14-18)9-10-35-2/h4-6,11-14H,3,7,9-10,15-16H2,1-2H3,(H,26,28). The molecule has 4 aromatic rings. The van der Waals surface area contributed by atoms with E-state index in [2.05, 4.69) is 31.7 Å². The summed E-state index contributed by atoms with van der Waals surface area (Å²) in [6.45, 7) is 3.25. The van der Waals surface area contributed by atoms with Crippen molar-refractivity contribution >= 4 is 27.3 Å². The van der Waals surface area contributed by atoms with Gasteiger partial charge in [-0.2, -0.15) is 24.7 Å². The Morgan fingerprint density at radius 1 is 1.22 bits per heavy atom. The molecule has 13 nitrogen and oxygen atoms in total. The third-order valence-corrected chi connectivity index (χ3v) is 8.02. The van der Waals surface area contributed by atoms with Crippen molar-refractivity contribution in [3.8, 4) is 17.3 Å². The van der Waals surface area contributed by atoms with Crippen LogP contribution in [-0.4, -0.2) is 79.4 Å². The van der Waals surface area contributed by atoms with E-state index in [0.717, 1.165) is 16.9 Å². The molecule has 14 heteroatoms. The fourth-order valence-electron chi connectivity index (χ4n) is 4.23.